The molecule has 0 aliphatic heterocycles. The van der Waals surface area contributed by atoms with E-state index < -0.39 is 11.2 Å². The molecule has 0 atom stereocenters. The molecule has 1 N–H and O–H groups in total. The van der Waals surface area contributed by atoms with E-state index in [-0.39, 0.29) is 17.2 Å². The van der Waals surface area contributed by atoms with Gasteiger partial charge in [-0.3, -0.25) is 18.7 Å². The van der Waals surface area contributed by atoms with E-state index in [0.29, 0.717) is 25.0 Å². The lowest BCUT2D eigenvalue weighted by Crippen LogP contribution is -2.37. The van der Waals surface area contributed by atoms with Crippen molar-refractivity contribution in [1.29, 1.82) is 0 Å². The molecule has 0 aliphatic carbocycles. The molecule has 0 fully saturated rings. The normalized spacial score (nSPS) is 10.9. The number of fused-ring (bicyclic) bond motifs is 1. The number of carbonyl (C=O) groups excluding carboxylic acids is 1. The molecule has 8 heteroatoms. The van der Waals surface area contributed by atoms with Gasteiger partial charge >= 0.3 is 5.69 Å². The van der Waals surface area contributed by atoms with E-state index in [2.05, 4.69) is 10.3 Å². The molecular formula is C14H18N4O4. The number of aryl methyl sites for hydroxylation is 1. The molecule has 0 aliphatic rings. The van der Waals surface area contributed by atoms with Crippen molar-refractivity contribution in [2.24, 2.45) is 14.1 Å². The van der Waals surface area contributed by atoms with Crippen LogP contribution >= 0.6 is 0 Å². The quantitative estimate of drug-likeness (QED) is 0.744. The lowest BCUT2D eigenvalue weighted by Gasteiger charge is -2.08. The predicted molar refractivity (Wildman–Crippen MR) is 81.1 cm³/mol. The summed E-state index contributed by atoms with van der Waals surface area (Å²) >= 11 is 0. The van der Waals surface area contributed by atoms with Crippen LogP contribution in [0.15, 0.2) is 21.7 Å². The van der Waals surface area contributed by atoms with Crippen molar-refractivity contribution in [1.82, 2.24) is 19.4 Å². The summed E-state index contributed by atoms with van der Waals surface area (Å²) in [6, 6.07) is 2.98. The maximum Gasteiger partial charge on any atom is 0.332 e. The Bertz CT molecular complexity index is 822. The highest BCUT2D eigenvalue weighted by Crippen LogP contribution is 2.06. The molecule has 2 rings (SSSR count). The van der Waals surface area contributed by atoms with Crippen molar-refractivity contribution in [3.8, 4) is 0 Å². The van der Waals surface area contributed by atoms with Gasteiger partial charge in [0.2, 0.25) is 0 Å². The predicted octanol–water partition coefficient (Wildman–Crippen LogP) is -0.601. The van der Waals surface area contributed by atoms with E-state index in [1.54, 1.807) is 7.11 Å². The third kappa shape index (κ3) is 2.91. The fourth-order valence-electron chi connectivity index (χ4n) is 2.09. The molecule has 1 amide bonds. The smallest absolute Gasteiger partial charge is 0.332 e. The summed E-state index contributed by atoms with van der Waals surface area (Å²) in [5, 5.41) is 3.00. The average molecular weight is 306 g/mol. The van der Waals surface area contributed by atoms with E-state index in [1.807, 2.05) is 0 Å². The molecule has 2 heterocycles. The number of nitrogens with zero attached hydrogens (tertiary/aromatic N) is 3. The summed E-state index contributed by atoms with van der Waals surface area (Å²) in [4.78, 5) is 40.1. The zero-order chi connectivity index (χ0) is 16.3. The number of pyridine rings is 1. The number of aromatic nitrogens is 3. The van der Waals surface area contributed by atoms with Crippen LogP contribution in [0.4, 0.5) is 0 Å². The van der Waals surface area contributed by atoms with Gasteiger partial charge in [-0.25, -0.2) is 9.78 Å². The highest BCUT2D eigenvalue weighted by molar-refractivity contribution is 5.94. The van der Waals surface area contributed by atoms with Crippen molar-refractivity contribution in [2.75, 3.05) is 20.3 Å². The Kier molecular flexibility index (Phi) is 4.71. The van der Waals surface area contributed by atoms with Gasteiger partial charge in [0.25, 0.3) is 11.5 Å². The largest absolute Gasteiger partial charge is 0.385 e. The Labute approximate surface area is 126 Å². The molecule has 8 nitrogen and oxygen atoms in total. The van der Waals surface area contributed by atoms with Crippen molar-refractivity contribution < 1.29 is 9.53 Å². The number of nitrogens with one attached hydrogen (secondary N) is 1. The number of amides is 1. The first-order valence-corrected chi connectivity index (χ1v) is 6.81. The minimum absolute atomic E-state index is 0.160. The van der Waals surface area contributed by atoms with E-state index in [1.165, 1.54) is 30.8 Å². The molecule has 0 bridgehead atoms. The first kappa shape index (κ1) is 15.9. The molecular weight excluding hydrogens is 288 g/mol. The highest BCUT2D eigenvalue weighted by atomic mass is 16.5. The van der Waals surface area contributed by atoms with E-state index in [9.17, 15) is 14.4 Å². The third-order valence-electron chi connectivity index (χ3n) is 3.35. The fraction of sp³-hybridized carbons (Fsp3) is 0.429. The third-order valence-corrected chi connectivity index (χ3v) is 3.35. The van der Waals surface area contributed by atoms with Crippen molar-refractivity contribution in [3.05, 3.63) is 38.7 Å². The van der Waals surface area contributed by atoms with Crippen LogP contribution in [0, 0.1) is 0 Å². The number of carbonyl (C=O) groups is 1. The Morgan fingerprint density at radius 1 is 1.27 bits per heavy atom. The number of methoxy groups -OCH3 is 1. The Balaban J connectivity index is 2.37. The van der Waals surface area contributed by atoms with Crippen LogP contribution < -0.4 is 16.6 Å². The highest BCUT2D eigenvalue weighted by Gasteiger charge is 2.13. The molecule has 0 aromatic carbocycles. The van der Waals surface area contributed by atoms with Gasteiger partial charge in [-0.15, -0.1) is 0 Å². The second kappa shape index (κ2) is 6.52. The van der Waals surface area contributed by atoms with Gasteiger partial charge in [-0.2, -0.15) is 0 Å². The lowest BCUT2D eigenvalue weighted by atomic mass is 10.2. The minimum atomic E-state index is -0.484. The molecule has 2 aromatic heterocycles. The van der Waals surface area contributed by atoms with Gasteiger partial charge < -0.3 is 10.1 Å². The maximum absolute atomic E-state index is 12.0. The van der Waals surface area contributed by atoms with Crippen molar-refractivity contribution >= 4 is 16.9 Å². The van der Waals surface area contributed by atoms with Gasteiger partial charge in [0.1, 0.15) is 11.3 Å². The van der Waals surface area contributed by atoms with Crippen LogP contribution in [-0.2, 0) is 18.8 Å². The van der Waals surface area contributed by atoms with Crippen LogP contribution in [0.1, 0.15) is 16.9 Å². The van der Waals surface area contributed by atoms with Crippen LogP contribution in [0.2, 0.25) is 0 Å². The molecule has 0 spiro atoms. The van der Waals surface area contributed by atoms with Crippen molar-refractivity contribution in [3.63, 3.8) is 0 Å². The second-order valence-corrected chi connectivity index (χ2v) is 4.88. The Morgan fingerprint density at radius 2 is 2.00 bits per heavy atom. The van der Waals surface area contributed by atoms with Crippen LogP contribution in [0.5, 0.6) is 0 Å². The monoisotopic (exact) mass is 306 g/mol. The zero-order valence-corrected chi connectivity index (χ0v) is 12.8. The first-order chi connectivity index (χ1) is 10.5. The van der Waals surface area contributed by atoms with Crippen molar-refractivity contribution in [2.45, 2.75) is 6.42 Å². The van der Waals surface area contributed by atoms with Gasteiger partial charge in [0.05, 0.1) is 5.39 Å². The number of hydrogen-bond acceptors (Lipinski definition) is 5. The topological polar surface area (TPSA) is 95.2 Å². The van der Waals surface area contributed by atoms with Gasteiger partial charge in [-0.05, 0) is 18.6 Å². The molecule has 0 radical (unpaired) electrons. The zero-order valence-electron chi connectivity index (χ0n) is 12.8. The summed E-state index contributed by atoms with van der Waals surface area (Å²) in [5.74, 6) is -0.355. The lowest BCUT2D eigenvalue weighted by molar-refractivity contribution is 0.0944. The molecule has 0 unspecified atom stereocenters. The van der Waals surface area contributed by atoms with Crippen LogP contribution in [0.25, 0.3) is 11.0 Å². The SMILES string of the molecule is COCCCNC(=O)c1ccc2c(=O)n(C)c(=O)n(C)c2n1. The number of rotatable bonds is 5. The molecule has 0 saturated carbocycles. The van der Waals surface area contributed by atoms with Crippen LogP contribution in [-0.4, -0.2) is 40.3 Å². The fourth-order valence-corrected chi connectivity index (χ4v) is 2.09. The Morgan fingerprint density at radius 3 is 2.68 bits per heavy atom. The maximum atomic E-state index is 12.0. The minimum Gasteiger partial charge on any atom is -0.385 e. The van der Waals surface area contributed by atoms with Crippen LogP contribution in [0.3, 0.4) is 0 Å². The molecule has 0 saturated heterocycles. The second-order valence-electron chi connectivity index (χ2n) is 4.88. The molecule has 118 valence electrons. The number of ether oxygens (including phenoxy) is 1. The summed E-state index contributed by atoms with van der Waals surface area (Å²) in [5.41, 5.74) is -0.564. The molecule has 2 aromatic rings. The Hall–Kier alpha value is -2.48. The summed E-state index contributed by atoms with van der Waals surface area (Å²) in [6.07, 6.45) is 0.689. The van der Waals surface area contributed by atoms with Gasteiger partial charge in [0, 0.05) is 34.4 Å². The summed E-state index contributed by atoms with van der Waals surface area (Å²) in [6.45, 7) is 1.01. The molecule has 22 heavy (non-hydrogen) atoms. The standard InChI is InChI=1S/C14H18N4O4/c1-17-11-9(13(20)18(2)14(17)21)5-6-10(16-11)12(19)15-7-4-8-22-3/h5-6H,4,7-8H2,1-3H3,(H,15,19). The summed E-state index contributed by atoms with van der Waals surface area (Å²) in [7, 11) is 4.51. The number of hydrogen-bond donors (Lipinski definition) is 1. The van der Waals surface area contributed by atoms with E-state index >= 15 is 0 Å². The van der Waals surface area contributed by atoms with Gasteiger partial charge in [0.15, 0.2) is 0 Å². The van der Waals surface area contributed by atoms with E-state index in [0.717, 1.165) is 4.57 Å². The summed E-state index contributed by atoms with van der Waals surface area (Å²) < 4.78 is 7.16. The first-order valence-electron chi connectivity index (χ1n) is 6.81. The van der Waals surface area contributed by atoms with Gasteiger partial charge in [-0.1, -0.05) is 0 Å². The average Bonchev–Trinajstić information content (AvgIpc) is 2.54. The van der Waals surface area contributed by atoms with E-state index in [4.69, 9.17) is 4.74 Å².